The van der Waals surface area contributed by atoms with Gasteiger partial charge < -0.3 is 9.47 Å². The highest BCUT2D eigenvalue weighted by molar-refractivity contribution is 5.74. The lowest BCUT2D eigenvalue weighted by Crippen LogP contribution is -2.07. The maximum absolute atomic E-state index is 12.1. The normalized spacial score (nSPS) is 18.1. The number of cyclic esters (lactones) is 1. The predicted octanol–water partition coefficient (Wildman–Crippen LogP) is 8.30. The van der Waals surface area contributed by atoms with Gasteiger partial charge in [0.15, 0.2) is 0 Å². The molecule has 0 radical (unpaired) electrons. The first kappa shape index (κ1) is 29.0. The van der Waals surface area contributed by atoms with E-state index in [-0.39, 0.29) is 24.0 Å². The van der Waals surface area contributed by atoms with Crippen molar-refractivity contribution in [3.63, 3.8) is 0 Å². The van der Waals surface area contributed by atoms with Gasteiger partial charge in [-0.05, 0) is 32.1 Å². The second kappa shape index (κ2) is 20.5. The highest BCUT2D eigenvalue weighted by Gasteiger charge is 2.33. The summed E-state index contributed by atoms with van der Waals surface area (Å²) in [6.45, 7) is 2.27. The second-order valence-corrected chi connectivity index (χ2v) is 9.91. The van der Waals surface area contributed by atoms with Crippen molar-refractivity contribution in [3.8, 4) is 0 Å². The van der Waals surface area contributed by atoms with Gasteiger partial charge in [0.05, 0.1) is 13.0 Å². The van der Waals surface area contributed by atoms with E-state index in [1.807, 2.05) is 0 Å². The van der Waals surface area contributed by atoms with Gasteiger partial charge >= 0.3 is 11.9 Å². The summed E-state index contributed by atoms with van der Waals surface area (Å²) in [7, 11) is 1.45. The Labute approximate surface area is 198 Å². The summed E-state index contributed by atoms with van der Waals surface area (Å²) in [6.07, 6.45) is 26.7. The molecular formula is C28H52O4. The molecule has 1 fully saturated rings. The number of unbranched alkanes of at least 4 members (excludes halogenated alkanes) is 16. The number of ether oxygens (including phenoxy) is 2. The third kappa shape index (κ3) is 15.7. The molecule has 0 saturated carbocycles. The molecule has 2 unspecified atom stereocenters. The zero-order chi connectivity index (χ0) is 23.3. The molecule has 32 heavy (non-hydrogen) atoms. The molecule has 4 heteroatoms. The number of methoxy groups -OCH3 is 1. The Balaban J connectivity index is 1.88. The summed E-state index contributed by atoms with van der Waals surface area (Å²) in [5, 5.41) is 0. The number of carbonyl (C=O) groups is 2. The van der Waals surface area contributed by atoms with Gasteiger partial charge in [0.2, 0.25) is 0 Å². The number of esters is 2. The van der Waals surface area contributed by atoms with E-state index in [0.29, 0.717) is 6.42 Å². The molecule has 0 aromatic carbocycles. The van der Waals surface area contributed by atoms with Gasteiger partial charge in [0.1, 0.15) is 6.10 Å². The lowest BCUT2D eigenvalue weighted by Gasteiger charge is -2.08. The van der Waals surface area contributed by atoms with Crippen molar-refractivity contribution in [1.29, 1.82) is 0 Å². The van der Waals surface area contributed by atoms with Crippen LogP contribution in [-0.2, 0) is 19.1 Å². The van der Waals surface area contributed by atoms with Crippen molar-refractivity contribution in [2.75, 3.05) is 7.11 Å². The van der Waals surface area contributed by atoms with E-state index >= 15 is 0 Å². The molecule has 0 bridgehead atoms. The van der Waals surface area contributed by atoms with E-state index in [0.717, 1.165) is 38.5 Å². The van der Waals surface area contributed by atoms with E-state index in [1.54, 1.807) is 0 Å². The van der Waals surface area contributed by atoms with E-state index in [9.17, 15) is 9.59 Å². The van der Waals surface area contributed by atoms with E-state index in [4.69, 9.17) is 4.74 Å². The molecular weight excluding hydrogens is 400 g/mol. The summed E-state index contributed by atoms with van der Waals surface area (Å²) >= 11 is 0. The van der Waals surface area contributed by atoms with E-state index in [1.165, 1.54) is 103 Å². The Hall–Kier alpha value is -1.06. The first-order chi connectivity index (χ1) is 15.7. The molecule has 1 saturated heterocycles. The Bertz CT molecular complexity index is 462. The van der Waals surface area contributed by atoms with Crippen LogP contribution in [0.1, 0.15) is 148 Å². The molecule has 1 aliphatic rings. The maximum atomic E-state index is 12.1. The van der Waals surface area contributed by atoms with Crippen LogP contribution >= 0.6 is 0 Å². The van der Waals surface area contributed by atoms with Gasteiger partial charge in [-0.1, -0.05) is 110 Å². The monoisotopic (exact) mass is 452 g/mol. The van der Waals surface area contributed by atoms with Crippen LogP contribution in [0, 0.1) is 5.92 Å². The molecule has 0 spiro atoms. The minimum atomic E-state index is -0.105. The van der Waals surface area contributed by atoms with Crippen LogP contribution in [-0.4, -0.2) is 25.2 Å². The Kier molecular flexibility index (Phi) is 18.6. The molecule has 0 aromatic rings. The largest absolute Gasteiger partial charge is 0.469 e. The number of hydrogen-bond donors (Lipinski definition) is 0. The van der Waals surface area contributed by atoms with E-state index < -0.39 is 0 Å². The molecule has 2 atom stereocenters. The molecule has 1 heterocycles. The average Bonchev–Trinajstić information content (AvgIpc) is 3.15. The fourth-order valence-corrected chi connectivity index (χ4v) is 4.82. The molecule has 0 N–H and O–H groups in total. The van der Waals surface area contributed by atoms with Gasteiger partial charge in [-0.25, -0.2) is 0 Å². The maximum Gasteiger partial charge on any atom is 0.309 e. The minimum absolute atomic E-state index is 0.0564. The molecule has 0 amide bonds. The highest BCUT2D eigenvalue weighted by atomic mass is 16.6. The zero-order valence-electron chi connectivity index (χ0n) is 21.3. The molecule has 0 aliphatic carbocycles. The molecule has 1 aliphatic heterocycles. The Morgan fingerprint density at radius 1 is 0.750 bits per heavy atom. The molecule has 188 valence electrons. The lowest BCUT2D eigenvalue weighted by molar-refractivity contribution is -0.144. The lowest BCUT2D eigenvalue weighted by atomic mass is 9.95. The van der Waals surface area contributed by atoms with Gasteiger partial charge in [0, 0.05) is 6.42 Å². The van der Waals surface area contributed by atoms with Crippen LogP contribution in [0.5, 0.6) is 0 Å². The van der Waals surface area contributed by atoms with Gasteiger partial charge in [-0.15, -0.1) is 0 Å². The fourth-order valence-electron chi connectivity index (χ4n) is 4.82. The third-order valence-electron chi connectivity index (χ3n) is 6.95. The van der Waals surface area contributed by atoms with Gasteiger partial charge in [-0.3, -0.25) is 9.59 Å². The smallest absolute Gasteiger partial charge is 0.309 e. The van der Waals surface area contributed by atoms with Crippen LogP contribution in [0.2, 0.25) is 0 Å². The van der Waals surface area contributed by atoms with Gasteiger partial charge in [-0.2, -0.15) is 0 Å². The zero-order valence-corrected chi connectivity index (χ0v) is 21.3. The van der Waals surface area contributed by atoms with E-state index in [2.05, 4.69) is 11.7 Å². The van der Waals surface area contributed by atoms with Crippen LogP contribution in [0.3, 0.4) is 0 Å². The minimum Gasteiger partial charge on any atom is -0.469 e. The fraction of sp³-hybridized carbons (Fsp3) is 0.929. The Morgan fingerprint density at radius 3 is 1.75 bits per heavy atom. The van der Waals surface area contributed by atoms with Crippen LogP contribution in [0.25, 0.3) is 0 Å². The number of rotatable bonds is 22. The topological polar surface area (TPSA) is 52.6 Å². The standard InChI is InChI=1S/C28H52O4/c1-3-4-5-6-7-8-9-10-11-12-15-18-21-25-24-26(32-28(25)30)22-19-16-13-14-17-20-23-27(29)31-2/h25-26H,3-24H2,1-2H3. The van der Waals surface area contributed by atoms with Crippen molar-refractivity contribution in [1.82, 2.24) is 0 Å². The molecule has 0 aromatic heterocycles. The van der Waals surface area contributed by atoms with Crippen LogP contribution < -0.4 is 0 Å². The third-order valence-corrected chi connectivity index (χ3v) is 6.95. The molecule has 4 nitrogen and oxygen atoms in total. The Morgan fingerprint density at radius 2 is 1.22 bits per heavy atom. The SMILES string of the molecule is CCCCCCCCCCCCCCC1CC(CCCCCCCCC(=O)OC)OC1=O. The van der Waals surface area contributed by atoms with Crippen molar-refractivity contribution >= 4 is 11.9 Å². The summed E-state index contributed by atoms with van der Waals surface area (Å²) in [6, 6.07) is 0. The summed E-state index contributed by atoms with van der Waals surface area (Å²) in [5.74, 6) is 0.105. The summed E-state index contributed by atoms with van der Waals surface area (Å²) in [4.78, 5) is 23.2. The van der Waals surface area contributed by atoms with Crippen molar-refractivity contribution in [2.24, 2.45) is 5.92 Å². The quantitative estimate of drug-likeness (QED) is 0.122. The van der Waals surface area contributed by atoms with Crippen molar-refractivity contribution in [2.45, 2.75) is 154 Å². The van der Waals surface area contributed by atoms with Crippen LogP contribution in [0.15, 0.2) is 0 Å². The summed E-state index contributed by atoms with van der Waals surface area (Å²) in [5.41, 5.74) is 0. The van der Waals surface area contributed by atoms with Crippen molar-refractivity contribution < 1.29 is 19.1 Å². The average molecular weight is 453 g/mol. The molecule has 1 rings (SSSR count). The number of hydrogen-bond acceptors (Lipinski definition) is 4. The summed E-state index contributed by atoms with van der Waals surface area (Å²) < 4.78 is 10.3. The first-order valence-electron chi connectivity index (χ1n) is 13.9. The highest BCUT2D eigenvalue weighted by Crippen LogP contribution is 2.29. The number of carbonyl (C=O) groups excluding carboxylic acids is 2. The predicted molar refractivity (Wildman–Crippen MR) is 133 cm³/mol. The van der Waals surface area contributed by atoms with Crippen LogP contribution in [0.4, 0.5) is 0 Å². The van der Waals surface area contributed by atoms with Gasteiger partial charge in [0.25, 0.3) is 0 Å². The van der Waals surface area contributed by atoms with Crippen molar-refractivity contribution in [3.05, 3.63) is 0 Å². The first-order valence-corrected chi connectivity index (χ1v) is 13.9. The second-order valence-electron chi connectivity index (χ2n) is 9.91.